The second-order valence-corrected chi connectivity index (χ2v) is 6.62. The van der Waals surface area contributed by atoms with Crippen LogP contribution in [-0.4, -0.2) is 6.54 Å². The maximum atomic E-state index is 3.47. The molecule has 2 aromatic rings. The van der Waals surface area contributed by atoms with Gasteiger partial charge in [0, 0.05) is 16.7 Å². The summed E-state index contributed by atoms with van der Waals surface area (Å²) >= 11 is 1.92. The van der Waals surface area contributed by atoms with Gasteiger partial charge in [0.25, 0.3) is 0 Å². The summed E-state index contributed by atoms with van der Waals surface area (Å²) < 4.78 is 0. The van der Waals surface area contributed by atoms with Gasteiger partial charge >= 0.3 is 0 Å². The van der Waals surface area contributed by atoms with Crippen molar-refractivity contribution in [3.05, 3.63) is 64.7 Å². The molecule has 0 radical (unpaired) electrons. The zero-order valence-electron chi connectivity index (χ0n) is 13.4. The quantitative estimate of drug-likeness (QED) is 0.730. The Balaban J connectivity index is 2.06. The van der Waals surface area contributed by atoms with Crippen LogP contribution in [0.1, 0.15) is 42.1 Å². The Morgan fingerprint density at radius 3 is 2.67 bits per heavy atom. The first-order valence-corrected chi connectivity index (χ1v) is 8.61. The molecule has 1 nitrogen and oxygen atoms in total. The molecule has 0 aliphatic rings. The van der Waals surface area contributed by atoms with Crippen molar-refractivity contribution < 1.29 is 0 Å². The summed E-state index contributed by atoms with van der Waals surface area (Å²) in [5.41, 5.74) is 5.52. The van der Waals surface area contributed by atoms with E-state index in [0.717, 1.165) is 12.3 Å². The maximum Gasteiger partial charge on any atom is 0.0292 e. The SMILES string of the molecule is CCNC(C)c1cccc(SCc2cc(C)ccc2C)c1. The fourth-order valence-corrected chi connectivity index (χ4v) is 3.44. The molecular formula is C19H25NS. The van der Waals surface area contributed by atoms with Gasteiger partial charge in [0.1, 0.15) is 0 Å². The van der Waals surface area contributed by atoms with Crippen LogP contribution in [0, 0.1) is 13.8 Å². The van der Waals surface area contributed by atoms with E-state index in [1.54, 1.807) is 0 Å². The molecule has 0 fully saturated rings. The fraction of sp³-hybridized carbons (Fsp3) is 0.368. The topological polar surface area (TPSA) is 12.0 Å². The molecule has 2 rings (SSSR count). The minimum atomic E-state index is 0.413. The van der Waals surface area contributed by atoms with Gasteiger partial charge < -0.3 is 5.32 Å². The lowest BCUT2D eigenvalue weighted by Crippen LogP contribution is -2.17. The molecule has 0 amide bonds. The molecule has 0 aliphatic heterocycles. The summed E-state index contributed by atoms with van der Waals surface area (Å²) in [5, 5.41) is 3.47. The largest absolute Gasteiger partial charge is 0.310 e. The minimum absolute atomic E-state index is 0.413. The lowest BCUT2D eigenvalue weighted by atomic mass is 10.1. The first-order valence-electron chi connectivity index (χ1n) is 7.62. The molecule has 0 aliphatic carbocycles. The first kappa shape index (κ1) is 16.1. The van der Waals surface area contributed by atoms with Gasteiger partial charge in [0.15, 0.2) is 0 Å². The van der Waals surface area contributed by atoms with Crippen LogP contribution < -0.4 is 5.32 Å². The summed E-state index contributed by atoms with van der Waals surface area (Å²) in [6.45, 7) is 9.72. The molecule has 0 saturated heterocycles. The number of thioether (sulfide) groups is 1. The molecule has 112 valence electrons. The third-order valence-electron chi connectivity index (χ3n) is 3.77. The predicted molar refractivity (Wildman–Crippen MR) is 94.0 cm³/mol. The number of hydrogen-bond acceptors (Lipinski definition) is 2. The monoisotopic (exact) mass is 299 g/mol. The van der Waals surface area contributed by atoms with E-state index in [2.05, 4.69) is 75.5 Å². The standard InChI is InChI=1S/C19H25NS/c1-5-20-16(4)17-7-6-8-19(12-17)21-13-18-11-14(2)9-10-15(18)3/h6-12,16,20H,5,13H2,1-4H3. The zero-order valence-corrected chi connectivity index (χ0v) is 14.3. The Kier molecular flexibility index (Phi) is 5.89. The normalized spacial score (nSPS) is 12.4. The third kappa shape index (κ3) is 4.62. The number of nitrogens with one attached hydrogen (secondary N) is 1. The molecule has 0 spiro atoms. The van der Waals surface area contributed by atoms with Crippen molar-refractivity contribution in [2.24, 2.45) is 0 Å². The van der Waals surface area contributed by atoms with Crippen molar-refractivity contribution in [2.75, 3.05) is 6.54 Å². The fourth-order valence-electron chi connectivity index (χ4n) is 2.41. The molecule has 0 aromatic heterocycles. The molecule has 2 aromatic carbocycles. The smallest absolute Gasteiger partial charge is 0.0292 e. The Bertz CT molecular complexity index is 592. The highest BCUT2D eigenvalue weighted by atomic mass is 32.2. The molecule has 21 heavy (non-hydrogen) atoms. The van der Waals surface area contributed by atoms with Gasteiger partial charge in [-0.25, -0.2) is 0 Å². The van der Waals surface area contributed by atoms with Crippen molar-refractivity contribution in [1.29, 1.82) is 0 Å². The molecule has 2 heteroatoms. The van der Waals surface area contributed by atoms with Gasteiger partial charge in [0.2, 0.25) is 0 Å². The molecular weight excluding hydrogens is 274 g/mol. The highest BCUT2D eigenvalue weighted by molar-refractivity contribution is 7.98. The Labute approximate surface area is 133 Å². The van der Waals surface area contributed by atoms with Crippen LogP contribution in [0.2, 0.25) is 0 Å². The highest BCUT2D eigenvalue weighted by Crippen LogP contribution is 2.27. The summed E-state index contributed by atoms with van der Waals surface area (Å²) in [6, 6.07) is 16.0. The number of aryl methyl sites for hydroxylation is 2. The molecule has 0 bridgehead atoms. The van der Waals surface area contributed by atoms with Crippen LogP contribution in [0.15, 0.2) is 47.4 Å². The van der Waals surface area contributed by atoms with Gasteiger partial charge in [-0.3, -0.25) is 0 Å². The second-order valence-electron chi connectivity index (χ2n) is 5.57. The zero-order chi connectivity index (χ0) is 15.2. The van der Waals surface area contributed by atoms with Crippen LogP contribution >= 0.6 is 11.8 Å². The average molecular weight is 299 g/mol. The van der Waals surface area contributed by atoms with Crippen LogP contribution in [0.5, 0.6) is 0 Å². The van der Waals surface area contributed by atoms with Crippen LogP contribution in [0.3, 0.4) is 0 Å². The maximum absolute atomic E-state index is 3.47. The summed E-state index contributed by atoms with van der Waals surface area (Å²) in [4.78, 5) is 1.35. The van der Waals surface area contributed by atoms with E-state index < -0.39 is 0 Å². The molecule has 1 N–H and O–H groups in total. The highest BCUT2D eigenvalue weighted by Gasteiger charge is 2.05. The van der Waals surface area contributed by atoms with Crippen molar-refractivity contribution in [3.63, 3.8) is 0 Å². The van der Waals surface area contributed by atoms with Crippen LogP contribution in [0.4, 0.5) is 0 Å². The lowest BCUT2D eigenvalue weighted by Gasteiger charge is -2.14. The van der Waals surface area contributed by atoms with E-state index in [9.17, 15) is 0 Å². The van der Waals surface area contributed by atoms with E-state index in [0.29, 0.717) is 6.04 Å². The Hall–Kier alpha value is -1.25. The third-order valence-corrected chi connectivity index (χ3v) is 4.81. The number of hydrogen-bond donors (Lipinski definition) is 1. The van der Waals surface area contributed by atoms with Crippen LogP contribution in [0.25, 0.3) is 0 Å². The summed E-state index contributed by atoms with van der Waals surface area (Å²) in [7, 11) is 0. The van der Waals surface area contributed by atoms with E-state index in [1.807, 2.05) is 11.8 Å². The van der Waals surface area contributed by atoms with Gasteiger partial charge in [-0.05, 0) is 56.1 Å². The van der Waals surface area contributed by atoms with E-state index in [1.165, 1.54) is 27.1 Å². The molecule has 0 saturated carbocycles. The van der Waals surface area contributed by atoms with Crippen molar-refractivity contribution in [1.82, 2.24) is 5.32 Å². The summed E-state index contributed by atoms with van der Waals surface area (Å²) in [6.07, 6.45) is 0. The number of rotatable bonds is 6. The number of benzene rings is 2. The van der Waals surface area contributed by atoms with Crippen LogP contribution in [-0.2, 0) is 5.75 Å². The van der Waals surface area contributed by atoms with Gasteiger partial charge in [-0.15, -0.1) is 11.8 Å². The van der Waals surface area contributed by atoms with Crippen molar-refractivity contribution in [2.45, 2.75) is 44.4 Å². The lowest BCUT2D eigenvalue weighted by molar-refractivity contribution is 0.597. The van der Waals surface area contributed by atoms with E-state index >= 15 is 0 Å². The van der Waals surface area contributed by atoms with E-state index in [-0.39, 0.29) is 0 Å². The summed E-state index contributed by atoms with van der Waals surface area (Å²) in [5.74, 6) is 1.03. The van der Waals surface area contributed by atoms with Crippen molar-refractivity contribution >= 4 is 11.8 Å². The average Bonchev–Trinajstić information content (AvgIpc) is 2.49. The van der Waals surface area contributed by atoms with Crippen molar-refractivity contribution in [3.8, 4) is 0 Å². The molecule has 1 atom stereocenters. The second kappa shape index (κ2) is 7.67. The molecule has 0 heterocycles. The Morgan fingerprint density at radius 1 is 1.10 bits per heavy atom. The minimum Gasteiger partial charge on any atom is -0.310 e. The van der Waals surface area contributed by atoms with E-state index in [4.69, 9.17) is 0 Å². The van der Waals surface area contributed by atoms with Gasteiger partial charge in [0.05, 0.1) is 0 Å². The predicted octanol–water partition coefficient (Wildman–Crippen LogP) is 5.27. The van der Waals surface area contributed by atoms with Gasteiger partial charge in [-0.1, -0.05) is 42.8 Å². The molecule has 1 unspecified atom stereocenters. The first-order chi connectivity index (χ1) is 10.1. The Morgan fingerprint density at radius 2 is 1.90 bits per heavy atom. The van der Waals surface area contributed by atoms with Gasteiger partial charge in [-0.2, -0.15) is 0 Å².